The first-order chi connectivity index (χ1) is 14.1. The van der Waals surface area contributed by atoms with E-state index in [2.05, 4.69) is 12.1 Å². The average molecular weight is 390 g/mol. The van der Waals surface area contributed by atoms with Crippen molar-refractivity contribution in [3.05, 3.63) is 71.8 Å². The third-order valence-corrected chi connectivity index (χ3v) is 6.55. The van der Waals surface area contributed by atoms with Crippen LogP contribution >= 0.6 is 0 Å². The molecule has 2 amide bonds. The molecule has 2 aromatic carbocycles. The normalized spacial score (nSPS) is 22.1. The number of carbonyl (C=O) groups excluding carboxylic acids is 2. The number of benzene rings is 2. The minimum Gasteiger partial charge on any atom is -0.371 e. The van der Waals surface area contributed by atoms with Crippen LogP contribution < -0.4 is 0 Å². The zero-order valence-electron chi connectivity index (χ0n) is 16.5. The van der Waals surface area contributed by atoms with E-state index in [9.17, 15) is 9.59 Å². The lowest BCUT2D eigenvalue weighted by atomic mass is 9.78. The molecule has 1 spiro atoms. The van der Waals surface area contributed by atoms with Gasteiger partial charge in [0.1, 0.15) is 6.61 Å². The Morgan fingerprint density at radius 2 is 1.59 bits per heavy atom. The molecule has 2 aliphatic heterocycles. The summed E-state index contributed by atoms with van der Waals surface area (Å²) in [4.78, 5) is 29.7. The number of amides is 2. The van der Waals surface area contributed by atoms with E-state index in [0.29, 0.717) is 32.8 Å². The second-order valence-corrected chi connectivity index (χ2v) is 8.84. The maximum atomic E-state index is 13.3. The number of hydrogen-bond acceptors (Lipinski definition) is 3. The Morgan fingerprint density at radius 1 is 0.931 bits per heavy atom. The molecule has 0 atom stereocenters. The van der Waals surface area contributed by atoms with E-state index in [0.717, 1.165) is 24.0 Å². The van der Waals surface area contributed by atoms with E-state index in [1.807, 2.05) is 58.3 Å². The average Bonchev–Trinajstić information content (AvgIpc) is 3.54. The molecule has 5 heteroatoms. The topological polar surface area (TPSA) is 49.9 Å². The van der Waals surface area contributed by atoms with Gasteiger partial charge in [0.2, 0.25) is 11.8 Å². The summed E-state index contributed by atoms with van der Waals surface area (Å²) < 4.78 is 5.72. The Balaban J connectivity index is 1.28. The largest absolute Gasteiger partial charge is 0.371 e. The molecule has 29 heavy (non-hydrogen) atoms. The van der Waals surface area contributed by atoms with Crippen LogP contribution in [0.3, 0.4) is 0 Å². The molecule has 2 aromatic rings. The summed E-state index contributed by atoms with van der Waals surface area (Å²) in [6.07, 6.45) is 1.85. The highest BCUT2D eigenvalue weighted by Gasteiger charge is 2.58. The van der Waals surface area contributed by atoms with Crippen molar-refractivity contribution >= 4 is 11.8 Å². The van der Waals surface area contributed by atoms with Crippen LogP contribution in [0.1, 0.15) is 24.0 Å². The molecule has 5 nitrogen and oxygen atoms in total. The molecule has 1 aliphatic carbocycles. The van der Waals surface area contributed by atoms with Gasteiger partial charge in [-0.15, -0.1) is 0 Å². The van der Waals surface area contributed by atoms with Gasteiger partial charge in [0.05, 0.1) is 12.0 Å². The van der Waals surface area contributed by atoms with Crippen molar-refractivity contribution in [1.82, 2.24) is 9.80 Å². The van der Waals surface area contributed by atoms with Crippen LogP contribution in [0.5, 0.6) is 0 Å². The number of nitrogens with zero attached hydrogens (tertiary/aromatic N) is 2. The van der Waals surface area contributed by atoms with Crippen LogP contribution in [0.25, 0.3) is 0 Å². The minimum absolute atomic E-state index is 0.0263. The molecule has 5 rings (SSSR count). The van der Waals surface area contributed by atoms with Crippen molar-refractivity contribution in [2.24, 2.45) is 5.41 Å². The van der Waals surface area contributed by atoms with Crippen molar-refractivity contribution in [3.8, 4) is 0 Å². The van der Waals surface area contributed by atoms with Crippen LogP contribution in [-0.2, 0) is 26.3 Å². The van der Waals surface area contributed by atoms with Crippen LogP contribution in [0.15, 0.2) is 60.7 Å². The maximum Gasteiger partial charge on any atom is 0.248 e. The molecule has 0 N–H and O–H groups in total. The van der Waals surface area contributed by atoms with E-state index in [1.54, 1.807) is 0 Å². The van der Waals surface area contributed by atoms with Gasteiger partial charge in [-0.1, -0.05) is 60.7 Å². The molecule has 3 aliphatic rings. The second-order valence-electron chi connectivity index (χ2n) is 8.84. The van der Waals surface area contributed by atoms with Crippen molar-refractivity contribution < 1.29 is 14.3 Å². The first kappa shape index (κ1) is 18.4. The van der Waals surface area contributed by atoms with Gasteiger partial charge in [-0.05, 0) is 24.0 Å². The van der Waals surface area contributed by atoms with Gasteiger partial charge in [0.15, 0.2) is 0 Å². The van der Waals surface area contributed by atoms with E-state index in [4.69, 9.17) is 4.74 Å². The Morgan fingerprint density at radius 3 is 2.24 bits per heavy atom. The summed E-state index contributed by atoms with van der Waals surface area (Å²) in [5.74, 6) is 0.262. The zero-order valence-corrected chi connectivity index (χ0v) is 16.5. The highest BCUT2D eigenvalue weighted by molar-refractivity contribution is 5.92. The SMILES string of the molecule is O=C1COCC2(CN1Cc1ccccc1)CN(C(=O)C1(c3ccccc3)CC1)C2. The van der Waals surface area contributed by atoms with Gasteiger partial charge in [0, 0.05) is 31.6 Å². The predicted molar refractivity (Wildman–Crippen MR) is 109 cm³/mol. The zero-order chi connectivity index (χ0) is 19.9. The number of likely N-dealkylation sites (tertiary alicyclic amines) is 1. The third-order valence-electron chi connectivity index (χ3n) is 6.55. The molecular formula is C24H26N2O3. The van der Waals surface area contributed by atoms with Gasteiger partial charge in [-0.25, -0.2) is 0 Å². The summed E-state index contributed by atoms with van der Waals surface area (Å²) in [5, 5.41) is 0. The van der Waals surface area contributed by atoms with Crippen molar-refractivity contribution in [1.29, 1.82) is 0 Å². The van der Waals surface area contributed by atoms with E-state index in [-0.39, 0.29) is 29.3 Å². The van der Waals surface area contributed by atoms with Crippen molar-refractivity contribution in [2.45, 2.75) is 24.8 Å². The van der Waals surface area contributed by atoms with Crippen LogP contribution in [0.2, 0.25) is 0 Å². The van der Waals surface area contributed by atoms with Crippen LogP contribution in [-0.4, -0.2) is 54.5 Å². The Hall–Kier alpha value is -2.66. The molecule has 2 saturated heterocycles. The lowest BCUT2D eigenvalue weighted by Gasteiger charge is -2.51. The summed E-state index contributed by atoms with van der Waals surface area (Å²) in [7, 11) is 0. The van der Waals surface area contributed by atoms with E-state index in [1.165, 1.54) is 0 Å². The number of ether oxygens (including phenoxy) is 1. The molecule has 3 fully saturated rings. The minimum atomic E-state index is -0.325. The van der Waals surface area contributed by atoms with Crippen LogP contribution in [0, 0.1) is 5.41 Å². The smallest absolute Gasteiger partial charge is 0.248 e. The van der Waals surface area contributed by atoms with Crippen molar-refractivity contribution in [3.63, 3.8) is 0 Å². The first-order valence-corrected chi connectivity index (χ1v) is 10.3. The molecule has 1 saturated carbocycles. The Bertz CT molecular complexity index is 902. The van der Waals surface area contributed by atoms with Gasteiger partial charge < -0.3 is 14.5 Å². The summed E-state index contributed by atoms with van der Waals surface area (Å²) >= 11 is 0. The maximum absolute atomic E-state index is 13.3. The van der Waals surface area contributed by atoms with Gasteiger partial charge in [-0.2, -0.15) is 0 Å². The summed E-state index contributed by atoms with van der Waals surface area (Å²) in [6, 6.07) is 20.2. The van der Waals surface area contributed by atoms with Crippen molar-refractivity contribution in [2.75, 3.05) is 32.8 Å². The summed E-state index contributed by atoms with van der Waals surface area (Å²) in [5.41, 5.74) is 1.77. The van der Waals surface area contributed by atoms with Gasteiger partial charge in [-0.3, -0.25) is 9.59 Å². The predicted octanol–water partition coefficient (Wildman–Crippen LogP) is 2.61. The highest BCUT2D eigenvalue weighted by atomic mass is 16.5. The molecule has 0 bridgehead atoms. The molecule has 150 valence electrons. The molecular weight excluding hydrogens is 364 g/mol. The fourth-order valence-electron chi connectivity index (χ4n) is 4.84. The number of hydrogen-bond donors (Lipinski definition) is 0. The molecule has 0 radical (unpaired) electrons. The van der Waals surface area contributed by atoms with Gasteiger partial charge in [0.25, 0.3) is 0 Å². The Kier molecular flexibility index (Phi) is 4.43. The quantitative estimate of drug-likeness (QED) is 0.806. The fraction of sp³-hybridized carbons (Fsp3) is 0.417. The number of rotatable bonds is 4. The highest BCUT2D eigenvalue weighted by Crippen LogP contribution is 2.51. The Labute approximate surface area is 171 Å². The lowest BCUT2D eigenvalue weighted by molar-refractivity contribution is -0.150. The van der Waals surface area contributed by atoms with Gasteiger partial charge >= 0.3 is 0 Å². The first-order valence-electron chi connectivity index (χ1n) is 10.3. The van der Waals surface area contributed by atoms with E-state index < -0.39 is 0 Å². The third kappa shape index (κ3) is 3.33. The molecule has 0 unspecified atom stereocenters. The monoisotopic (exact) mass is 390 g/mol. The lowest BCUT2D eigenvalue weighted by Crippen LogP contribution is -2.65. The van der Waals surface area contributed by atoms with E-state index >= 15 is 0 Å². The molecule has 2 heterocycles. The van der Waals surface area contributed by atoms with Crippen LogP contribution in [0.4, 0.5) is 0 Å². The second kappa shape index (κ2) is 6.99. The standard InChI is InChI=1S/C24H26N2O3/c27-21-14-29-18-23(15-25(21)13-19-7-3-1-4-8-19)16-26(17-23)22(28)24(11-12-24)20-9-5-2-6-10-20/h1-10H,11-18H2. The molecule has 0 aromatic heterocycles. The number of carbonyl (C=O) groups is 2. The summed E-state index contributed by atoms with van der Waals surface area (Å²) in [6.45, 7) is 3.22. The fourth-order valence-corrected chi connectivity index (χ4v) is 4.84.